The summed E-state index contributed by atoms with van der Waals surface area (Å²) in [6, 6.07) is 14.8. The highest BCUT2D eigenvalue weighted by Crippen LogP contribution is 2.34. The van der Waals surface area contributed by atoms with E-state index < -0.39 is 24.3 Å². The summed E-state index contributed by atoms with van der Waals surface area (Å²) >= 11 is 0. The molecular formula is C42H54N8O7. The maximum absolute atomic E-state index is 13.9. The van der Waals surface area contributed by atoms with E-state index in [1.54, 1.807) is 17.3 Å². The van der Waals surface area contributed by atoms with E-state index in [-0.39, 0.29) is 36.2 Å². The summed E-state index contributed by atoms with van der Waals surface area (Å²) in [6.07, 6.45) is 6.08. The first-order valence-corrected chi connectivity index (χ1v) is 19.8. The van der Waals surface area contributed by atoms with Gasteiger partial charge in [-0.3, -0.25) is 9.59 Å². The zero-order valence-corrected chi connectivity index (χ0v) is 33.4. The number of benzene rings is 2. The van der Waals surface area contributed by atoms with Gasteiger partial charge in [0.05, 0.1) is 50.6 Å². The molecule has 15 nitrogen and oxygen atoms in total. The van der Waals surface area contributed by atoms with Crippen molar-refractivity contribution in [3.63, 3.8) is 0 Å². The molecule has 0 bridgehead atoms. The van der Waals surface area contributed by atoms with Crippen LogP contribution in [-0.4, -0.2) is 106 Å². The number of amides is 4. The fraction of sp³-hybridized carbons (Fsp3) is 0.476. The van der Waals surface area contributed by atoms with Crippen LogP contribution in [0.25, 0.3) is 33.6 Å². The van der Waals surface area contributed by atoms with E-state index >= 15 is 0 Å². The monoisotopic (exact) mass is 782 g/mol. The number of alkyl carbamates (subject to hydrolysis) is 2. The Bertz CT molecular complexity index is 1970. The molecule has 304 valence electrons. The van der Waals surface area contributed by atoms with Gasteiger partial charge in [0.1, 0.15) is 23.7 Å². The van der Waals surface area contributed by atoms with Crippen LogP contribution in [0.4, 0.5) is 9.59 Å². The Balaban J connectivity index is 1.09. The normalized spacial score (nSPS) is 16.9. The Morgan fingerprint density at radius 2 is 1.42 bits per heavy atom. The van der Waals surface area contributed by atoms with Crippen LogP contribution in [0.15, 0.2) is 60.9 Å². The summed E-state index contributed by atoms with van der Waals surface area (Å²) in [5, 5.41) is 5.48. The summed E-state index contributed by atoms with van der Waals surface area (Å²) in [7, 11) is 2.58. The lowest BCUT2D eigenvalue weighted by Gasteiger charge is -2.34. The van der Waals surface area contributed by atoms with Crippen LogP contribution in [0.3, 0.4) is 0 Å². The molecule has 4 aromatic rings. The first-order chi connectivity index (χ1) is 27.6. The quantitative estimate of drug-likeness (QED) is 0.118. The number of carbonyl (C=O) groups is 4. The largest absolute Gasteiger partial charge is 0.453 e. The van der Waals surface area contributed by atoms with Crippen molar-refractivity contribution in [2.45, 2.75) is 77.5 Å². The number of nitrogens with one attached hydrogen (secondary N) is 4. The fourth-order valence-corrected chi connectivity index (χ4v) is 7.65. The zero-order chi connectivity index (χ0) is 40.5. The molecule has 2 aromatic carbocycles. The van der Waals surface area contributed by atoms with Crippen LogP contribution in [0.2, 0.25) is 0 Å². The van der Waals surface area contributed by atoms with Crippen molar-refractivity contribution in [3.8, 4) is 33.6 Å². The number of rotatable bonds is 14. The molecule has 0 aliphatic carbocycles. The summed E-state index contributed by atoms with van der Waals surface area (Å²) in [4.78, 5) is 71.2. The number of ether oxygens (including phenoxy) is 3. The van der Waals surface area contributed by atoms with E-state index in [0.717, 1.165) is 58.7 Å². The number of hydrogen-bond donors (Lipinski definition) is 4. The number of methoxy groups -OCH3 is 2. The first kappa shape index (κ1) is 40.9. The smallest absolute Gasteiger partial charge is 0.407 e. The van der Waals surface area contributed by atoms with Crippen molar-refractivity contribution in [3.05, 3.63) is 72.6 Å². The van der Waals surface area contributed by atoms with Crippen molar-refractivity contribution >= 4 is 24.0 Å². The molecular weight excluding hydrogens is 729 g/mol. The highest BCUT2D eigenvalue weighted by atomic mass is 16.5. The minimum atomic E-state index is -0.711. The lowest BCUT2D eigenvalue weighted by atomic mass is 9.90. The molecule has 2 saturated heterocycles. The van der Waals surface area contributed by atoms with Crippen LogP contribution < -0.4 is 10.6 Å². The van der Waals surface area contributed by atoms with Gasteiger partial charge in [0.15, 0.2) is 0 Å². The van der Waals surface area contributed by atoms with E-state index in [4.69, 9.17) is 19.2 Å². The summed E-state index contributed by atoms with van der Waals surface area (Å²) in [6.45, 7) is 8.28. The number of hydrogen-bond acceptors (Lipinski definition) is 9. The summed E-state index contributed by atoms with van der Waals surface area (Å²) in [5.74, 6) is 0.922. The van der Waals surface area contributed by atoms with Crippen LogP contribution in [0.5, 0.6) is 0 Å². The molecule has 4 N–H and O–H groups in total. The zero-order valence-electron chi connectivity index (χ0n) is 33.4. The molecule has 15 heteroatoms. The lowest BCUT2D eigenvalue weighted by molar-refractivity contribution is -0.137. The van der Waals surface area contributed by atoms with Crippen LogP contribution >= 0.6 is 0 Å². The number of imidazole rings is 2. The molecule has 0 unspecified atom stereocenters. The predicted octanol–water partition coefficient (Wildman–Crippen LogP) is 6.07. The Kier molecular flexibility index (Phi) is 13.6. The van der Waals surface area contributed by atoms with Crippen LogP contribution in [0, 0.1) is 11.8 Å². The standard InChI is InChI=1S/C42H54N8O7/c1-6-19-49(39(51)36(26(2)3)47-41(53)55-4)25-35-43-23-32(45-35)29-13-9-27(10-14-29)28-11-15-30(16-12-28)33-24-44-38(46-33)34-8-7-20-50(34)40(52)37(48-42(54)56-5)31-17-21-57-22-18-31/h9-16,23-24,26,31,34,36-37H,6-8,17-22,25H2,1-5H3,(H,43,45)(H,44,46)(H,47,53)(H,48,54)/t34-,36-,37+/m0/s1. The molecule has 0 spiro atoms. The number of likely N-dealkylation sites (tertiary alicyclic amines) is 1. The van der Waals surface area contributed by atoms with Gasteiger partial charge in [-0.1, -0.05) is 69.3 Å². The van der Waals surface area contributed by atoms with E-state index in [1.807, 2.05) is 37.8 Å². The van der Waals surface area contributed by atoms with Gasteiger partial charge in [0.2, 0.25) is 11.8 Å². The van der Waals surface area contributed by atoms with Crippen molar-refractivity contribution < 1.29 is 33.4 Å². The third-order valence-electron chi connectivity index (χ3n) is 10.8. The SMILES string of the molecule is CCCN(Cc1ncc(-c2ccc(-c3ccc(-c4cnc([C@@H]5CCCN5C(=O)[C@H](NC(=O)OC)C5CCOCC5)[nH]4)cc3)cc2)[nH]1)C(=O)[C@@H](NC(=O)OC)C(C)C. The Morgan fingerprint density at radius 3 is 2.02 bits per heavy atom. The molecule has 2 aliphatic rings. The number of carbonyl (C=O) groups excluding carboxylic acids is 4. The topological polar surface area (TPSA) is 184 Å². The minimum absolute atomic E-state index is 0.0278. The average molecular weight is 783 g/mol. The summed E-state index contributed by atoms with van der Waals surface area (Å²) in [5.41, 5.74) is 5.72. The first-order valence-electron chi connectivity index (χ1n) is 19.8. The molecule has 4 heterocycles. The second kappa shape index (κ2) is 19.0. The molecule has 6 rings (SSSR count). The molecule has 57 heavy (non-hydrogen) atoms. The van der Waals surface area contributed by atoms with Gasteiger partial charge in [-0.05, 0) is 66.2 Å². The summed E-state index contributed by atoms with van der Waals surface area (Å²) < 4.78 is 15.1. The number of nitrogens with zero attached hydrogens (tertiary/aromatic N) is 4. The minimum Gasteiger partial charge on any atom is -0.453 e. The van der Waals surface area contributed by atoms with Gasteiger partial charge in [-0.15, -0.1) is 0 Å². The van der Waals surface area contributed by atoms with E-state index in [2.05, 4.69) is 62.0 Å². The second-order valence-electron chi connectivity index (χ2n) is 15.0. The van der Waals surface area contributed by atoms with Gasteiger partial charge >= 0.3 is 12.2 Å². The van der Waals surface area contributed by atoms with Crippen LogP contribution in [0.1, 0.15) is 70.6 Å². The third kappa shape index (κ3) is 9.82. The number of aromatic amines is 2. The molecule has 2 aromatic heterocycles. The second-order valence-corrected chi connectivity index (χ2v) is 15.0. The Hall–Kier alpha value is -5.70. The van der Waals surface area contributed by atoms with E-state index in [1.165, 1.54) is 14.2 Å². The lowest BCUT2D eigenvalue weighted by Crippen LogP contribution is -2.53. The van der Waals surface area contributed by atoms with Gasteiger partial charge in [-0.25, -0.2) is 19.6 Å². The van der Waals surface area contributed by atoms with Gasteiger partial charge < -0.3 is 44.6 Å². The van der Waals surface area contributed by atoms with Gasteiger partial charge in [0.25, 0.3) is 0 Å². The Labute approximate surface area is 333 Å². The van der Waals surface area contributed by atoms with Gasteiger partial charge in [-0.2, -0.15) is 0 Å². The van der Waals surface area contributed by atoms with Crippen molar-refractivity contribution in [2.75, 3.05) is 40.5 Å². The average Bonchev–Trinajstić information content (AvgIpc) is 4.03. The van der Waals surface area contributed by atoms with Gasteiger partial charge in [0, 0.05) is 26.3 Å². The predicted molar refractivity (Wildman–Crippen MR) is 213 cm³/mol. The van der Waals surface area contributed by atoms with Crippen molar-refractivity contribution in [1.82, 2.24) is 40.4 Å². The highest BCUT2D eigenvalue weighted by Gasteiger charge is 2.40. The maximum atomic E-state index is 13.9. The molecule has 2 fully saturated rings. The maximum Gasteiger partial charge on any atom is 0.407 e. The molecule has 3 atom stereocenters. The fourth-order valence-electron chi connectivity index (χ4n) is 7.65. The Morgan fingerprint density at radius 1 is 0.842 bits per heavy atom. The van der Waals surface area contributed by atoms with E-state index in [9.17, 15) is 19.2 Å². The van der Waals surface area contributed by atoms with Crippen LogP contribution in [-0.2, 0) is 30.3 Å². The van der Waals surface area contributed by atoms with E-state index in [0.29, 0.717) is 45.0 Å². The molecule has 0 saturated carbocycles. The number of H-pyrrole nitrogens is 2. The number of aromatic nitrogens is 4. The van der Waals surface area contributed by atoms with Crippen molar-refractivity contribution in [1.29, 1.82) is 0 Å². The highest BCUT2D eigenvalue weighted by molar-refractivity contribution is 5.87. The molecule has 4 amide bonds. The van der Waals surface area contributed by atoms with Crippen molar-refractivity contribution in [2.24, 2.45) is 11.8 Å². The molecule has 0 radical (unpaired) electrons. The molecule has 2 aliphatic heterocycles. The third-order valence-corrected chi connectivity index (χ3v) is 10.8.